The van der Waals surface area contributed by atoms with Crippen molar-refractivity contribution in [3.63, 3.8) is 0 Å². The number of nitrogens with zero attached hydrogens (tertiary/aromatic N) is 2. The highest BCUT2D eigenvalue weighted by atomic mass is 35.5. The van der Waals surface area contributed by atoms with E-state index in [1.54, 1.807) is 0 Å². The number of fused-ring (bicyclic) bond motifs is 9. The van der Waals surface area contributed by atoms with Gasteiger partial charge in [-0.15, -0.1) is 0 Å². The highest BCUT2D eigenvalue weighted by Crippen LogP contribution is 2.43. The van der Waals surface area contributed by atoms with Gasteiger partial charge in [-0.2, -0.15) is 0 Å². The zero-order valence-electron chi connectivity index (χ0n) is 20.9. The summed E-state index contributed by atoms with van der Waals surface area (Å²) in [5.74, 6) is 0. The number of hydrogen-bond donors (Lipinski definition) is 0. The maximum absolute atomic E-state index is 6.45. The van der Waals surface area contributed by atoms with Crippen LogP contribution < -0.4 is 0 Å². The molecule has 3 heteroatoms. The molecule has 0 fully saturated rings. The summed E-state index contributed by atoms with van der Waals surface area (Å²) in [6.45, 7) is 0. The van der Waals surface area contributed by atoms with Gasteiger partial charge in [-0.3, -0.25) is 0 Å². The predicted octanol–water partition coefficient (Wildman–Crippen LogP) is 10.3. The summed E-state index contributed by atoms with van der Waals surface area (Å²) in [5, 5.41) is 8.28. The lowest BCUT2D eigenvalue weighted by molar-refractivity contribution is 1.18. The molecule has 0 aliphatic carbocycles. The standard InChI is InChI=1S/C36H21ClN2/c37-23-17-19-34-31(21-23)29-14-7-13-28-27-12-6-11-25(35(27)39(34)36(28)29)22-16-18-33-30(20-22)26-10-4-5-15-32(26)38(33)24-8-2-1-3-9-24/h1-21H. The van der Waals surface area contributed by atoms with Gasteiger partial charge in [0.15, 0.2) is 0 Å². The van der Waals surface area contributed by atoms with Crippen LogP contribution in [0.5, 0.6) is 0 Å². The molecule has 182 valence electrons. The van der Waals surface area contributed by atoms with Gasteiger partial charge in [0, 0.05) is 48.6 Å². The van der Waals surface area contributed by atoms with E-state index in [1.165, 1.54) is 76.7 Å². The van der Waals surface area contributed by atoms with Crippen LogP contribution in [0.25, 0.3) is 76.7 Å². The number of rotatable bonds is 2. The van der Waals surface area contributed by atoms with Gasteiger partial charge in [0.1, 0.15) is 0 Å². The van der Waals surface area contributed by atoms with E-state index >= 15 is 0 Å². The topological polar surface area (TPSA) is 9.34 Å². The van der Waals surface area contributed by atoms with E-state index in [0.717, 1.165) is 5.02 Å². The van der Waals surface area contributed by atoms with Gasteiger partial charge < -0.3 is 8.97 Å². The molecule has 0 bridgehead atoms. The summed E-state index contributed by atoms with van der Waals surface area (Å²) >= 11 is 6.45. The summed E-state index contributed by atoms with van der Waals surface area (Å²) < 4.78 is 4.81. The first kappa shape index (κ1) is 21.2. The smallest absolute Gasteiger partial charge is 0.0620 e. The van der Waals surface area contributed by atoms with Gasteiger partial charge >= 0.3 is 0 Å². The first-order valence-corrected chi connectivity index (χ1v) is 13.6. The largest absolute Gasteiger partial charge is 0.309 e. The van der Waals surface area contributed by atoms with Crippen molar-refractivity contribution in [2.75, 3.05) is 0 Å². The lowest BCUT2D eigenvalue weighted by Crippen LogP contribution is -1.93. The van der Waals surface area contributed by atoms with Crippen LogP contribution in [0, 0.1) is 0 Å². The van der Waals surface area contributed by atoms with Crippen molar-refractivity contribution in [3.05, 3.63) is 132 Å². The lowest BCUT2D eigenvalue weighted by Gasteiger charge is -2.09. The second kappa shape index (κ2) is 7.63. The Labute approximate surface area is 229 Å². The lowest BCUT2D eigenvalue weighted by atomic mass is 9.99. The van der Waals surface area contributed by atoms with Crippen LogP contribution >= 0.6 is 11.6 Å². The Balaban J connectivity index is 1.40. The van der Waals surface area contributed by atoms with E-state index in [2.05, 4.69) is 130 Å². The SMILES string of the molecule is Clc1ccc2c(c1)c1cccc3c4cccc(-c5ccc6c(c5)c5ccccc5n6-c5ccccc5)c4n2c13. The van der Waals surface area contributed by atoms with Crippen LogP contribution in [0.15, 0.2) is 127 Å². The molecule has 6 aromatic carbocycles. The molecule has 9 rings (SSSR count). The maximum atomic E-state index is 6.45. The van der Waals surface area contributed by atoms with Crippen LogP contribution in [0.2, 0.25) is 5.02 Å². The Kier molecular flexibility index (Phi) is 4.14. The van der Waals surface area contributed by atoms with E-state index in [4.69, 9.17) is 11.6 Å². The van der Waals surface area contributed by atoms with Crippen molar-refractivity contribution in [3.8, 4) is 16.8 Å². The second-order valence-corrected chi connectivity index (χ2v) is 10.8. The Morgan fingerprint density at radius 3 is 1.95 bits per heavy atom. The van der Waals surface area contributed by atoms with Crippen LogP contribution in [0.4, 0.5) is 0 Å². The van der Waals surface area contributed by atoms with Crippen molar-refractivity contribution in [2.45, 2.75) is 0 Å². The molecule has 0 unspecified atom stereocenters. The molecule has 3 aromatic heterocycles. The minimum Gasteiger partial charge on any atom is -0.309 e. The normalized spacial score (nSPS) is 12.2. The predicted molar refractivity (Wildman–Crippen MR) is 166 cm³/mol. The highest BCUT2D eigenvalue weighted by Gasteiger charge is 2.20. The van der Waals surface area contributed by atoms with Crippen molar-refractivity contribution in [2.24, 2.45) is 0 Å². The Morgan fingerprint density at radius 2 is 1.08 bits per heavy atom. The molecule has 0 radical (unpaired) electrons. The quantitative estimate of drug-likeness (QED) is 0.216. The molecule has 0 saturated heterocycles. The number of benzene rings is 6. The monoisotopic (exact) mass is 516 g/mol. The second-order valence-electron chi connectivity index (χ2n) is 10.3. The third kappa shape index (κ3) is 2.76. The number of hydrogen-bond acceptors (Lipinski definition) is 0. The molecule has 0 aliphatic heterocycles. The summed E-state index contributed by atoms with van der Waals surface area (Å²) in [6.07, 6.45) is 0. The van der Waals surface area contributed by atoms with Gasteiger partial charge in [0.25, 0.3) is 0 Å². The number of para-hydroxylation sites is 4. The van der Waals surface area contributed by atoms with E-state index in [9.17, 15) is 0 Å². The van der Waals surface area contributed by atoms with E-state index in [1.807, 2.05) is 6.07 Å². The Hall–Kier alpha value is -4.79. The molecular formula is C36H21ClN2. The zero-order chi connectivity index (χ0) is 25.7. The van der Waals surface area contributed by atoms with Gasteiger partial charge in [-0.25, -0.2) is 0 Å². The molecule has 39 heavy (non-hydrogen) atoms. The summed E-state index contributed by atoms with van der Waals surface area (Å²) in [6, 6.07) is 45.8. The average molecular weight is 517 g/mol. The van der Waals surface area contributed by atoms with Crippen LogP contribution in [-0.4, -0.2) is 8.97 Å². The molecular weight excluding hydrogens is 496 g/mol. The number of aromatic nitrogens is 2. The molecule has 0 spiro atoms. The molecule has 2 nitrogen and oxygen atoms in total. The van der Waals surface area contributed by atoms with E-state index in [0.29, 0.717) is 0 Å². The van der Waals surface area contributed by atoms with Gasteiger partial charge in [-0.05, 0) is 54.1 Å². The van der Waals surface area contributed by atoms with Crippen molar-refractivity contribution >= 4 is 71.5 Å². The van der Waals surface area contributed by atoms with Crippen molar-refractivity contribution in [1.82, 2.24) is 8.97 Å². The third-order valence-corrected chi connectivity index (χ3v) is 8.53. The zero-order valence-corrected chi connectivity index (χ0v) is 21.7. The van der Waals surface area contributed by atoms with Crippen molar-refractivity contribution in [1.29, 1.82) is 0 Å². The molecule has 0 amide bonds. The van der Waals surface area contributed by atoms with Crippen molar-refractivity contribution < 1.29 is 0 Å². The molecule has 0 atom stereocenters. The average Bonchev–Trinajstić information content (AvgIpc) is 3.62. The fraction of sp³-hybridized carbons (Fsp3) is 0. The first-order valence-electron chi connectivity index (χ1n) is 13.2. The molecule has 0 saturated carbocycles. The Morgan fingerprint density at radius 1 is 0.436 bits per heavy atom. The molecule has 0 N–H and O–H groups in total. The highest BCUT2D eigenvalue weighted by molar-refractivity contribution is 6.32. The van der Waals surface area contributed by atoms with Gasteiger partial charge in [0.2, 0.25) is 0 Å². The fourth-order valence-electron chi connectivity index (χ4n) is 6.72. The summed E-state index contributed by atoms with van der Waals surface area (Å²) in [5.41, 5.74) is 9.75. The minimum atomic E-state index is 0.765. The molecule has 9 aromatic rings. The fourth-order valence-corrected chi connectivity index (χ4v) is 6.89. The minimum absolute atomic E-state index is 0.765. The third-order valence-electron chi connectivity index (χ3n) is 8.30. The van der Waals surface area contributed by atoms with Gasteiger partial charge in [0.05, 0.1) is 27.6 Å². The van der Waals surface area contributed by atoms with Crippen LogP contribution in [-0.2, 0) is 0 Å². The molecule has 0 aliphatic rings. The summed E-state index contributed by atoms with van der Waals surface area (Å²) in [4.78, 5) is 0. The van der Waals surface area contributed by atoms with E-state index in [-0.39, 0.29) is 0 Å². The van der Waals surface area contributed by atoms with E-state index < -0.39 is 0 Å². The molecule has 3 heterocycles. The van der Waals surface area contributed by atoms with Crippen LogP contribution in [0.1, 0.15) is 0 Å². The maximum Gasteiger partial charge on any atom is 0.0620 e. The first-order chi connectivity index (χ1) is 19.3. The summed E-state index contributed by atoms with van der Waals surface area (Å²) in [7, 11) is 0. The van der Waals surface area contributed by atoms with Gasteiger partial charge in [-0.1, -0.05) is 90.5 Å². The van der Waals surface area contributed by atoms with Crippen LogP contribution in [0.3, 0.4) is 0 Å². The Bertz CT molecular complexity index is 2390. The number of halogens is 1.